The highest BCUT2D eigenvalue weighted by molar-refractivity contribution is 5.87. The Kier molecular flexibility index (Phi) is 7.41. The van der Waals surface area contributed by atoms with Crippen molar-refractivity contribution < 1.29 is 23.8 Å². The van der Waals surface area contributed by atoms with Gasteiger partial charge in [0.2, 0.25) is 5.60 Å². The molecule has 1 aromatic rings. The number of benzene rings is 1. The van der Waals surface area contributed by atoms with Crippen LogP contribution in [0.25, 0.3) is 0 Å². The first-order valence-electron chi connectivity index (χ1n) is 12.1. The number of carbonyl (C=O) groups is 2. The molecule has 6 nitrogen and oxygen atoms in total. The minimum absolute atomic E-state index is 0.0256. The number of hydrogen-bond acceptors (Lipinski definition) is 5. The van der Waals surface area contributed by atoms with Crippen LogP contribution in [0.2, 0.25) is 0 Å². The Bertz CT molecular complexity index is 797. The van der Waals surface area contributed by atoms with E-state index in [1.54, 1.807) is 12.0 Å². The van der Waals surface area contributed by atoms with E-state index in [4.69, 9.17) is 14.2 Å². The summed E-state index contributed by atoms with van der Waals surface area (Å²) in [7, 11) is 1.63. The van der Waals surface area contributed by atoms with Crippen molar-refractivity contribution in [1.82, 2.24) is 4.90 Å². The molecule has 0 unspecified atom stereocenters. The van der Waals surface area contributed by atoms with E-state index in [1.807, 2.05) is 52.0 Å². The van der Waals surface area contributed by atoms with Crippen molar-refractivity contribution >= 4 is 12.1 Å². The molecule has 32 heavy (non-hydrogen) atoms. The van der Waals surface area contributed by atoms with E-state index in [9.17, 15) is 9.59 Å². The van der Waals surface area contributed by atoms with Crippen LogP contribution in [0.3, 0.4) is 0 Å². The number of nitrogens with zero attached hydrogens (tertiary/aromatic N) is 1. The van der Waals surface area contributed by atoms with E-state index < -0.39 is 29.2 Å². The summed E-state index contributed by atoms with van der Waals surface area (Å²) in [5.74, 6) is 0.362. The van der Waals surface area contributed by atoms with Gasteiger partial charge in [-0.3, -0.25) is 0 Å². The zero-order valence-electron chi connectivity index (χ0n) is 20.5. The molecule has 1 heterocycles. The highest BCUT2D eigenvalue weighted by Gasteiger charge is 2.71. The van der Waals surface area contributed by atoms with Crippen LogP contribution < -0.4 is 4.74 Å². The second-order valence-corrected chi connectivity index (χ2v) is 9.82. The molecule has 6 heteroatoms. The van der Waals surface area contributed by atoms with Crippen LogP contribution in [0.1, 0.15) is 91.2 Å². The van der Waals surface area contributed by atoms with Crippen LogP contribution in [0.15, 0.2) is 24.3 Å². The summed E-state index contributed by atoms with van der Waals surface area (Å²) in [6.45, 7) is 10.0. The molecule has 1 aliphatic carbocycles. The second kappa shape index (κ2) is 9.72. The summed E-state index contributed by atoms with van der Waals surface area (Å²) < 4.78 is 17.7. The fraction of sp³-hybridized carbons (Fsp3) is 0.692. The predicted octanol–water partition coefficient (Wildman–Crippen LogP) is 6.04. The smallest absolute Gasteiger partial charge is 0.411 e. The van der Waals surface area contributed by atoms with Crippen LogP contribution in [-0.2, 0) is 14.3 Å². The molecule has 2 fully saturated rings. The van der Waals surface area contributed by atoms with Crippen molar-refractivity contribution in [3.63, 3.8) is 0 Å². The Hall–Kier alpha value is -2.24. The first-order valence-corrected chi connectivity index (χ1v) is 12.1. The Labute approximate surface area is 192 Å². The van der Waals surface area contributed by atoms with Gasteiger partial charge < -0.3 is 19.1 Å². The van der Waals surface area contributed by atoms with E-state index >= 15 is 0 Å². The number of hydrogen-bond donors (Lipinski definition) is 0. The lowest BCUT2D eigenvalue weighted by molar-refractivity contribution is -0.163. The third kappa shape index (κ3) is 4.08. The van der Waals surface area contributed by atoms with Gasteiger partial charge in [-0.1, -0.05) is 38.3 Å². The topological polar surface area (TPSA) is 65.1 Å². The second-order valence-electron chi connectivity index (χ2n) is 9.82. The first-order chi connectivity index (χ1) is 15.2. The molecule has 1 aromatic carbocycles. The number of rotatable bonds is 8. The van der Waals surface area contributed by atoms with E-state index in [0.717, 1.165) is 49.8 Å². The molecule has 1 aliphatic heterocycles. The molecule has 0 bridgehead atoms. The normalized spacial score (nSPS) is 27.2. The van der Waals surface area contributed by atoms with Gasteiger partial charge in [0, 0.05) is 12.1 Å². The Morgan fingerprint density at radius 1 is 1.12 bits per heavy atom. The van der Waals surface area contributed by atoms with Crippen LogP contribution in [0.4, 0.5) is 4.79 Å². The fourth-order valence-corrected chi connectivity index (χ4v) is 5.76. The zero-order chi connectivity index (χ0) is 23.5. The molecular formula is C26H39NO5. The quantitative estimate of drug-likeness (QED) is 0.457. The van der Waals surface area contributed by atoms with Gasteiger partial charge in [-0.2, -0.15) is 0 Å². The van der Waals surface area contributed by atoms with Gasteiger partial charge in [0.05, 0.1) is 12.5 Å². The standard InChI is InChI=1S/C26H39NO5/c1-7-8-15-25-16-9-10-17-26(25,32-24(29)27(18(2)3)19(4)5)23(28)31-22(25)20-11-13-21(30-6)14-12-20/h11-14,18-19,22H,7-10,15-17H2,1-6H3/t22-,25-,26-/m1/s1. The maximum Gasteiger partial charge on any atom is 0.411 e. The van der Waals surface area contributed by atoms with E-state index in [1.165, 1.54) is 0 Å². The van der Waals surface area contributed by atoms with Crippen molar-refractivity contribution in [2.24, 2.45) is 5.41 Å². The largest absolute Gasteiger partial charge is 0.497 e. The number of cyclic esters (lactones) is 1. The van der Waals surface area contributed by atoms with Gasteiger partial charge in [0.1, 0.15) is 11.9 Å². The van der Waals surface area contributed by atoms with Crippen molar-refractivity contribution in [3.8, 4) is 5.75 Å². The SMILES string of the molecule is CCCC[C@]12CCCC[C@@]1(OC(=O)N(C(C)C)C(C)C)C(=O)O[C@@H]2c1ccc(OC)cc1. The van der Waals surface area contributed by atoms with Crippen LogP contribution >= 0.6 is 0 Å². The number of esters is 1. The van der Waals surface area contributed by atoms with Gasteiger partial charge in [0.15, 0.2) is 0 Å². The molecule has 1 saturated carbocycles. The van der Waals surface area contributed by atoms with Crippen molar-refractivity contribution in [1.29, 1.82) is 0 Å². The highest BCUT2D eigenvalue weighted by atomic mass is 16.6. The summed E-state index contributed by atoms with van der Waals surface area (Å²) in [6, 6.07) is 7.66. The summed E-state index contributed by atoms with van der Waals surface area (Å²) in [4.78, 5) is 28.7. The molecule has 178 valence electrons. The first kappa shape index (κ1) is 24.4. The van der Waals surface area contributed by atoms with Crippen LogP contribution in [0, 0.1) is 5.41 Å². The summed E-state index contributed by atoms with van der Waals surface area (Å²) in [5.41, 5.74) is -0.883. The van der Waals surface area contributed by atoms with Crippen molar-refractivity contribution in [2.75, 3.05) is 7.11 Å². The summed E-state index contributed by atoms with van der Waals surface area (Å²) >= 11 is 0. The number of carbonyl (C=O) groups excluding carboxylic acids is 2. The van der Waals surface area contributed by atoms with Gasteiger partial charge in [-0.15, -0.1) is 0 Å². The zero-order valence-corrected chi connectivity index (χ0v) is 20.5. The minimum Gasteiger partial charge on any atom is -0.497 e. The number of methoxy groups -OCH3 is 1. The molecule has 1 amide bonds. The van der Waals surface area contributed by atoms with Crippen molar-refractivity contribution in [3.05, 3.63) is 29.8 Å². The average Bonchev–Trinajstić information content (AvgIpc) is 3.00. The highest BCUT2D eigenvalue weighted by Crippen LogP contribution is 2.63. The van der Waals surface area contributed by atoms with Gasteiger partial charge in [0.25, 0.3) is 0 Å². The molecule has 2 aliphatic rings. The van der Waals surface area contributed by atoms with Gasteiger partial charge >= 0.3 is 12.1 Å². The minimum atomic E-state index is -1.25. The average molecular weight is 446 g/mol. The molecular weight excluding hydrogens is 406 g/mol. The Morgan fingerprint density at radius 2 is 1.75 bits per heavy atom. The summed E-state index contributed by atoms with van der Waals surface area (Å²) in [6.07, 6.45) is 5.00. The maximum atomic E-state index is 13.6. The number of ether oxygens (including phenoxy) is 3. The molecule has 3 atom stereocenters. The summed E-state index contributed by atoms with van der Waals surface area (Å²) in [5, 5.41) is 0. The third-order valence-corrected chi connectivity index (χ3v) is 7.24. The fourth-order valence-electron chi connectivity index (χ4n) is 5.76. The number of unbranched alkanes of at least 4 members (excludes halogenated alkanes) is 1. The monoisotopic (exact) mass is 445 g/mol. The van der Waals surface area contributed by atoms with Gasteiger partial charge in [-0.05, 0) is 71.1 Å². The molecule has 3 rings (SSSR count). The molecule has 1 saturated heterocycles. The predicted molar refractivity (Wildman–Crippen MR) is 124 cm³/mol. The lowest BCUT2D eigenvalue weighted by Crippen LogP contribution is -2.58. The number of amides is 1. The Balaban J connectivity index is 2.06. The lowest BCUT2D eigenvalue weighted by Gasteiger charge is -2.48. The molecule has 0 spiro atoms. The molecule has 0 aromatic heterocycles. The van der Waals surface area contributed by atoms with Crippen molar-refractivity contribution in [2.45, 2.75) is 103 Å². The van der Waals surface area contributed by atoms with Gasteiger partial charge in [-0.25, -0.2) is 9.59 Å². The van der Waals surface area contributed by atoms with Crippen LogP contribution in [-0.4, -0.2) is 41.8 Å². The maximum absolute atomic E-state index is 13.6. The third-order valence-electron chi connectivity index (χ3n) is 7.24. The molecule has 0 radical (unpaired) electrons. The van der Waals surface area contributed by atoms with E-state index in [-0.39, 0.29) is 12.1 Å². The van der Waals surface area contributed by atoms with E-state index in [0.29, 0.717) is 6.42 Å². The number of fused-ring (bicyclic) bond motifs is 1. The van der Waals surface area contributed by atoms with Crippen LogP contribution in [0.5, 0.6) is 5.75 Å². The van der Waals surface area contributed by atoms with E-state index in [2.05, 4.69) is 6.92 Å². The lowest BCUT2D eigenvalue weighted by atomic mass is 9.58. The molecule has 0 N–H and O–H groups in total. The Morgan fingerprint density at radius 3 is 2.31 bits per heavy atom.